The third-order valence-electron chi connectivity index (χ3n) is 2.46. The summed E-state index contributed by atoms with van der Waals surface area (Å²) in [4.78, 5) is 11.4. The molecule has 0 unspecified atom stereocenters. The smallest absolute Gasteiger partial charge is 0.250 e. The molecule has 0 radical (unpaired) electrons. The van der Waals surface area contributed by atoms with Crippen LogP contribution in [-0.2, 0) is 19.5 Å². The topological polar surface area (TPSA) is 78.7 Å². The van der Waals surface area contributed by atoms with Crippen LogP contribution in [0.3, 0.4) is 0 Å². The molecule has 0 spiro atoms. The van der Waals surface area contributed by atoms with Crippen molar-refractivity contribution in [2.24, 2.45) is 5.73 Å². The van der Waals surface area contributed by atoms with Gasteiger partial charge in [0.1, 0.15) is 0 Å². The maximum absolute atomic E-state index is 11.4. The Bertz CT molecular complexity index is 530. The summed E-state index contributed by atoms with van der Waals surface area (Å²) < 4.78 is 3.37. The van der Waals surface area contributed by atoms with Gasteiger partial charge in [0.05, 0.1) is 12.2 Å². The Morgan fingerprint density at radius 1 is 1.29 bits per heavy atom. The van der Waals surface area contributed by atoms with Crippen molar-refractivity contribution in [1.82, 2.24) is 19.6 Å². The van der Waals surface area contributed by atoms with E-state index in [2.05, 4.69) is 10.3 Å². The van der Waals surface area contributed by atoms with Crippen molar-refractivity contribution < 1.29 is 0 Å². The van der Waals surface area contributed by atoms with Crippen molar-refractivity contribution in [3.63, 3.8) is 0 Å². The van der Waals surface area contributed by atoms with Gasteiger partial charge in [-0.25, -0.2) is 0 Å². The molecule has 0 aliphatic carbocycles. The number of pyridine rings is 1. The fraction of sp³-hybridized carbons (Fsp3) is 0.364. The zero-order valence-corrected chi connectivity index (χ0v) is 9.49. The second kappa shape index (κ2) is 5.40. The Hall–Kier alpha value is -1.95. The van der Waals surface area contributed by atoms with Crippen molar-refractivity contribution >= 4 is 0 Å². The quantitative estimate of drug-likeness (QED) is 0.765. The van der Waals surface area contributed by atoms with E-state index in [0.29, 0.717) is 19.6 Å². The van der Waals surface area contributed by atoms with Crippen molar-refractivity contribution in [2.75, 3.05) is 6.54 Å². The Balaban J connectivity index is 1.98. The Labute approximate surface area is 98.7 Å². The van der Waals surface area contributed by atoms with Crippen LogP contribution in [0.15, 0.2) is 35.4 Å². The molecule has 0 aliphatic heterocycles. The maximum atomic E-state index is 11.4. The van der Waals surface area contributed by atoms with E-state index >= 15 is 0 Å². The molecule has 2 heterocycles. The van der Waals surface area contributed by atoms with Gasteiger partial charge in [0.15, 0.2) is 0 Å². The van der Waals surface area contributed by atoms with Crippen LogP contribution in [-0.4, -0.2) is 26.1 Å². The van der Waals surface area contributed by atoms with Gasteiger partial charge in [0, 0.05) is 31.4 Å². The summed E-state index contributed by atoms with van der Waals surface area (Å²) in [7, 11) is 0. The van der Waals surface area contributed by atoms with Gasteiger partial charge >= 0.3 is 0 Å². The molecule has 0 saturated heterocycles. The molecule has 0 bridgehead atoms. The molecule has 2 N–H and O–H groups in total. The van der Waals surface area contributed by atoms with Crippen molar-refractivity contribution in [3.05, 3.63) is 46.6 Å². The Morgan fingerprint density at radius 3 is 2.94 bits per heavy atom. The van der Waals surface area contributed by atoms with Gasteiger partial charge in [-0.15, -0.1) is 5.10 Å². The molecule has 17 heavy (non-hydrogen) atoms. The van der Waals surface area contributed by atoms with Crippen LogP contribution in [0.2, 0.25) is 0 Å². The number of aromatic nitrogens is 4. The third kappa shape index (κ3) is 3.01. The van der Waals surface area contributed by atoms with E-state index in [0.717, 1.165) is 12.1 Å². The van der Waals surface area contributed by atoms with Crippen LogP contribution >= 0.6 is 0 Å². The highest BCUT2D eigenvalue weighted by Crippen LogP contribution is 1.94. The van der Waals surface area contributed by atoms with Crippen LogP contribution in [0.5, 0.6) is 0 Å². The first-order chi connectivity index (χ1) is 8.29. The molecule has 0 saturated carbocycles. The molecule has 0 fully saturated rings. The monoisotopic (exact) mass is 233 g/mol. The predicted octanol–water partition coefficient (Wildman–Crippen LogP) is -0.359. The number of rotatable bonds is 5. The minimum Gasteiger partial charge on any atom is -0.330 e. The molecule has 0 amide bonds. The van der Waals surface area contributed by atoms with Crippen LogP contribution in [0.1, 0.15) is 5.69 Å². The molecular formula is C11H15N5O. The van der Waals surface area contributed by atoms with Gasteiger partial charge in [0.25, 0.3) is 5.56 Å². The summed E-state index contributed by atoms with van der Waals surface area (Å²) in [5.41, 5.74) is 6.31. The first-order valence-electron chi connectivity index (χ1n) is 5.54. The van der Waals surface area contributed by atoms with Crippen LogP contribution in [0.25, 0.3) is 0 Å². The zero-order valence-electron chi connectivity index (χ0n) is 9.49. The normalized spacial score (nSPS) is 10.6. The van der Waals surface area contributed by atoms with Crippen LogP contribution in [0, 0.1) is 0 Å². The van der Waals surface area contributed by atoms with Gasteiger partial charge in [-0.3, -0.25) is 9.48 Å². The highest BCUT2D eigenvalue weighted by molar-refractivity contribution is 4.94. The Morgan fingerprint density at radius 2 is 2.18 bits per heavy atom. The number of nitrogens with zero attached hydrogens (tertiary/aromatic N) is 4. The largest absolute Gasteiger partial charge is 0.330 e. The molecule has 2 aromatic heterocycles. The van der Waals surface area contributed by atoms with Crippen LogP contribution in [0.4, 0.5) is 0 Å². The van der Waals surface area contributed by atoms with E-state index in [1.165, 1.54) is 0 Å². The van der Waals surface area contributed by atoms with E-state index in [4.69, 9.17) is 5.73 Å². The van der Waals surface area contributed by atoms with Crippen molar-refractivity contribution in [3.8, 4) is 0 Å². The van der Waals surface area contributed by atoms with Crippen molar-refractivity contribution in [2.45, 2.75) is 19.5 Å². The zero-order chi connectivity index (χ0) is 12.1. The molecule has 90 valence electrons. The van der Waals surface area contributed by atoms with Gasteiger partial charge < -0.3 is 10.3 Å². The lowest BCUT2D eigenvalue weighted by Gasteiger charge is -2.03. The van der Waals surface area contributed by atoms with E-state index in [1.54, 1.807) is 27.6 Å². The summed E-state index contributed by atoms with van der Waals surface area (Å²) >= 11 is 0. The van der Waals surface area contributed by atoms with E-state index < -0.39 is 0 Å². The van der Waals surface area contributed by atoms with E-state index in [-0.39, 0.29) is 5.56 Å². The molecule has 6 nitrogen and oxygen atoms in total. The standard InChI is InChI=1S/C11H15N5O/c12-5-4-10-9-16(14-13-10)8-7-15-6-2-1-3-11(15)17/h1-3,6,9H,4-5,7-8,12H2. The first kappa shape index (κ1) is 11.5. The molecule has 2 aromatic rings. The maximum Gasteiger partial charge on any atom is 0.250 e. The lowest BCUT2D eigenvalue weighted by molar-refractivity contribution is 0.511. The lowest BCUT2D eigenvalue weighted by atomic mass is 10.3. The molecule has 6 heteroatoms. The van der Waals surface area contributed by atoms with Crippen molar-refractivity contribution in [1.29, 1.82) is 0 Å². The average Bonchev–Trinajstić information content (AvgIpc) is 2.76. The average molecular weight is 233 g/mol. The van der Waals surface area contributed by atoms with E-state index in [1.807, 2.05) is 12.3 Å². The Kier molecular flexibility index (Phi) is 3.66. The predicted molar refractivity (Wildman–Crippen MR) is 63.5 cm³/mol. The molecule has 0 atom stereocenters. The van der Waals surface area contributed by atoms with Crippen LogP contribution < -0.4 is 11.3 Å². The summed E-state index contributed by atoms with van der Waals surface area (Å²) in [5, 5.41) is 7.96. The number of aryl methyl sites for hydroxylation is 2. The highest BCUT2D eigenvalue weighted by Gasteiger charge is 2.00. The minimum absolute atomic E-state index is 0.00482. The fourth-order valence-corrected chi connectivity index (χ4v) is 1.57. The van der Waals surface area contributed by atoms with E-state index in [9.17, 15) is 4.79 Å². The SMILES string of the molecule is NCCc1cn(CCn2ccccc2=O)nn1. The molecule has 2 rings (SSSR count). The first-order valence-corrected chi connectivity index (χ1v) is 5.54. The molecule has 0 aliphatic rings. The minimum atomic E-state index is -0.00482. The fourth-order valence-electron chi connectivity index (χ4n) is 1.57. The number of hydrogen-bond donors (Lipinski definition) is 1. The summed E-state index contributed by atoms with van der Waals surface area (Å²) in [6.07, 6.45) is 4.35. The summed E-state index contributed by atoms with van der Waals surface area (Å²) in [5.74, 6) is 0. The number of nitrogens with two attached hydrogens (primary N) is 1. The van der Waals surface area contributed by atoms with Gasteiger partial charge in [-0.2, -0.15) is 0 Å². The molecule has 0 aromatic carbocycles. The third-order valence-corrected chi connectivity index (χ3v) is 2.46. The molecular weight excluding hydrogens is 218 g/mol. The second-order valence-corrected chi connectivity index (χ2v) is 3.74. The highest BCUT2D eigenvalue weighted by atomic mass is 16.1. The summed E-state index contributed by atoms with van der Waals surface area (Å²) in [6, 6.07) is 5.11. The second-order valence-electron chi connectivity index (χ2n) is 3.74. The number of hydrogen-bond acceptors (Lipinski definition) is 4. The van der Waals surface area contributed by atoms with Gasteiger partial charge in [0.2, 0.25) is 0 Å². The van der Waals surface area contributed by atoms with Gasteiger partial charge in [-0.05, 0) is 12.6 Å². The summed E-state index contributed by atoms with van der Waals surface area (Å²) in [6.45, 7) is 1.78. The van der Waals surface area contributed by atoms with Gasteiger partial charge in [-0.1, -0.05) is 11.3 Å². The lowest BCUT2D eigenvalue weighted by Crippen LogP contribution is -2.20.